The topological polar surface area (TPSA) is 49.9 Å². The molecule has 4 nitrogen and oxygen atoms in total. The number of aromatic amines is 1. The summed E-state index contributed by atoms with van der Waals surface area (Å²) >= 11 is 1.49. The molecule has 0 radical (unpaired) electrons. The molecular weight excluding hydrogens is 330 g/mol. The molecule has 4 rings (SSSR count). The van der Waals surface area contributed by atoms with Gasteiger partial charge in [0.15, 0.2) is 0 Å². The summed E-state index contributed by atoms with van der Waals surface area (Å²) in [4.78, 5) is 7.47. The number of hydrogen-bond donors (Lipinski definition) is 2. The first kappa shape index (κ1) is 15.9. The maximum atomic E-state index is 5.75. The monoisotopic (exact) mass is 349 g/mol. The summed E-state index contributed by atoms with van der Waals surface area (Å²) in [6, 6.07) is 16.5. The van der Waals surface area contributed by atoms with Gasteiger partial charge in [0.25, 0.3) is 5.19 Å². The maximum absolute atomic E-state index is 5.75. The quantitative estimate of drug-likeness (QED) is 0.473. The summed E-state index contributed by atoms with van der Waals surface area (Å²) in [5, 5.41) is 7.40. The highest BCUT2D eigenvalue weighted by atomic mass is 32.1. The van der Waals surface area contributed by atoms with Crippen molar-refractivity contribution in [3.63, 3.8) is 0 Å². The van der Waals surface area contributed by atoms with E-state index in [9.17, 15) is 0 Å². The smallest absolute Gasteiger partial charge is 0.278 e. The highest BCUT2D eigenvalue weighted by Gasteiger charge is 2.03. The van der Waals surface area contributed by atoms with E-state index < -0.39 is 0 Å². The van der Waals surface area contributed by atoms with Crippen LogP contribution in [-0.4, -0.2) is 16.5 Å². The molecule has 2 aromatic heterocycles. The van der Waals surface area contributed by atoms with Crippen LogP contribution in [0.3, 0.4) is 0 Å². The average Bonchev–Trinajstić information content (AvgIpc) is 3.29. The van der Waals surface area contributed by atoms with Crippen LogP contribution in [0.5, 0.6) is 10.9 Å². The highest BCUT2D eigenvalue weighted by molar-refractivity contribution is 7.11. The molecule has 2 N–H and O–H groups in total. The molecular formula is C20H19N3OS. The number of para-hydroxylation sites is 1. The molecule has 0 saturated carbocycles. The van der Waals surface area contributed by atoms with Gasteiger partial charge in [-0.2, -0.15) is 0 Å². The molecule has 2 heterocycles. The van der Waals surface area contributed by atoms with Gasteiger partial charge in [0.2, 0.25) is 0 Å². The Morgan fingerprint density at radius 1 is 1.12 bits per heavy atom. The molecule has 0 atom stereocenters. The maximum Gasteiger partial charge on any atom is 0.278 e. The first-order valence-corrected chi connectivity index (χ1v) is 9.18. The fourth-order valence-electron chi connectivity index (χ4n) is 2.87. The van der Waals surface area contributed by atoms with E-state index in [1.165, 1.54) is 33.4 Å². The lowest BCUT2D eigenvalue weighted by molar-refractivity contribution is 0.478. The molecule has 126 valence electrons. The van der Waals surface area contributed by atoms with Crippen molar-refractivity contribution in [2.45, 2.75) is 13.0 Å². The SMILES string of the molecule is c1cc(CNCCc2c[nH]c3ccccc23)cc(Oc2nccs2)c1. The van der Waals surface area contributed by atoms with Gasteiger partial charge in [0.05, 0.1) is 0 Å². The number of ether oxygens (including phenoxy) is 1. The summed E-state index contributed by atoms with van der Waals surface area (Å²) in [6.07, 6.45) is 4.85. The number of benzene rings is 2. The molecule has 5 heteroatoms. The molecule has 2 aromatic carbocycles. The summed E-state index contributed by atoms with van der Waals surface area (Å²) in [7, 11) is 0. The van der Waals surface area contributed by atoms with Crippen molar-refractivity contribution in [2.24, 2.45) is 0 Å². The van der Waals surface area contributed by atoms with Gasteiger partial charge in [-0.25, -0.2) is 4.98 Å². The third kappa shape index (κ3) is 3.90. The van der Waals surface area contributed by atoms with Crippen LogP contribution >= 0.6 is 11.3 Å². The van der Waals surface area contributed by atoms with E-state index in [1.54, 1.807) is 6.20 Å². The van der Waals surface area contributed by atoms with Gasteiger partial charge in [0, 0.05) is 35.2 Å². The molecule has 4 aromatic rings. The Bertz CT molecular complexity index is 946. The normalized spacial score (nSPS) is 11.0. The number of thiazole rings is 1. The molecule has 25 heavy (non-hydrogen) atoms. The van der Waals surface area contributed by atoms with Crippen molar-refractivity contribution >= 4 is 22.2 Å². The minimum absolute atomic E-state index is 0.671. The Morgan fingerprint density at radius 3 is 3.00 bits per heavy atom. The number of nitrogens with zero attached hydrogens (tertiary/aromatic N) is 1. The second-order valence-electron chi connectivity index (χ2n) is 5.83. The van der Waals surface area contributed by atoms with Crippen molar-refractivity contribution < 1.29 is 4.74 Å². The predicted octanol–water partition coefficient (Wildman–Crippen LogP) is 4.75. The van der Waals surface area contributed by atoms with Gasteiger partial charge in [0.1, 0.15) is 5.75 Å². The molecule has 0 amide bonds. The van der Waals surface area contributed by atoms with Crippen molar-refractivity contribution in [3.8, 4) is 10.9 Å². The lowest BCUT2D eigenvalue weighted by Crippen LogP contribution is -2.16. The van der Waals surface area contributed by atoms with Crippen molar-refractivity contribution in [2.75, 3.05) is 6.54 Å². The summed E-state index contributed by atoms with van der Waals surface area (Å²) in [5.41, 5.74) is 3.75. The standard InChI is InChI=1S/C20H19N3OS/c1-2-7-19-18(6-1)16(14-23-19)8-9-21-13-15-4-3-5-17(12-15)24-20-22-10-11-25-20/h1-7,10-12,14,21,23H,8-9,13H2. The van der Waals surface area contributed by atoms with Crippen molar-refractivity contribution in [1.82, 2.24) is 15.3 Å². The molecule has 0 bridgehead atoms. The number of rotatable bonds is 7. The van der Waals surface area contributed by atoms with Crippen LogP contribution < -0.4 is 10.1 Å². The fraction of sp³-hybridized carbons (Fsp3) is 0.150. The van der Waals surface area contributed by atoms with Crippen LogP contribution in [0.2, 0.25) is 0 Å². The zero-order valence-electron chi connectivity index (χ0n) is 13.7. The number of fused-ring (bicyclic) bond motifs is 1. The third-order valence-electron chi connectivity index (χ3n) is 4.09. The predicted molar refractivity (Wildman–Crippen MR) is 102 cm³/mol. The minimum Gasteiger partial charge on any atom is -0.431 e. The summed E-state index contributed by atoms with van der Waals surface area (Å²) in [5.74, 6) is 0.825. The fourth-order valence-corrected chi connectivity index (χ4v) is 3.38. The number of hydrogen-bond acceptors (Lipinski definition) is 4. The first-order chi connectivity index (χ1) is 12.4. The average molecular weight is 349 g/mol. The zero-order valence-corrected chi connectivity index (χ0v) is 14.6. The van der Waals surface area contributed by atoms with E-state index in [-0.39, 0.29) is 0 Å². The van der Waals surface area contributed by atoms with E-state index in [0.717, 1.165) is 25.3 Å². The Morgan fingerprint density at radius 2 is 2.08 bits per heavy atom. The van der Waals surface area contributed by atoms with Crippen LogP contribution in [0.4, 0.5) is 0 Å². The molecule has 0 saturated heterocycles. The van der Waals surface area contributed by atoms with E-state index >= 15 is 0 Å². The number of nitrogens with one attached hydrogen (secondary N) is 2. The van der Waals surface area contributed by atoms with E-state index in [2.05, 4.69) is 57.9 Å². The van der Waals surface area contributed by atoms with E-state index in [0.29, 0.717) is 5.19 Å². The number of H-pyrrole nitrogens is 1. The summed E-state index contributed by atoms with van der Waals surface area (Å²) < 4.78 is 5.75. The van der Waals surface area contributed by atoms with Gasteiger partial charge < -0.3 is 15.0 Å². The molecule has 0 aliphatic carbocycles. The molecule has 0 fully saturated rings. The van der Waals surface area contributed by atoms with Crippen LogP contribution in [0.25, 0.3) is 10.9 Å². The van der Waals surface area contributed by atoms with Gasteiger partial charge in [-0.1, -0.05) is 41.7 Å². The van der Waals surface area contributed by atoms with E-state index in [1.807, 2.05) is 17.5 Å². The Hall–Kier alpha value is -2.63. The molecule has 0 spiro atoms. The second kappa shape index (κ2) is 7.51. The van der Waals surface area contributed by atoms with Crippen LogP contribution in [0, 0.1) is 0 Å². The van der Waals surface area contributed by atoms with Crippen LogP contribution in [0.1, 0.15) is 11.1 Å². The lowest BCUT2D eigenvalue weighted by Gasteiger charge is -2.07. The third-order valence-corrected chi connectivity index (χ3v) is 4.74. The van der Waals surface area contributed by atoms with Gasteiger partial charge >= 0.3 is 0 Å². The minimum atomic E-state index is 0.671. The van der Waals surface area contributed by atoms with Gasteiger partial charge in [-0.15, -0.1) is 0 Å². The molecule has 0 aliphatic heterocycles. The van der Waals surface area contributed by atoms with Crippen LogP contribution in [-0.2, 0) is 13.0 Å². The Balaban J connectivity index is 1.31. The lowest BCUT2D eigenvalue weighted by atomic mass is 10.1. The van der Waals surface area contributed by atoms with E-state index in [4.69, 9.17) is 4.74 Å². The van der Waals surface area contributed by atoms with Gasteiger partial charge in [-0.3, -0.25) is 0 Å². The Labute approximate surface area is 150 Å². The van der Waals surface area contributed by atoms with Crippen LogP contribution in [0.15, 0.2) is 66.3 Å². The number of aromatic nitrogens is 2. The molecule has 0 unspecified atom stereocenters. The zero-order chi connectivity index (χ0) is 16.9. The first-order valence-electron chi connectivity index (χ1n) is 8.30. The second-order valence-corrected chi connectivity index (χ2v) is 6.69. The van der Waals surface area contributed by atoms with Gasteiger partial charge in [-0.05, 0) is 42.3 Å². The molecule has 0 aliphatic rings. The highest BCUT2D eigenvalue weighted by Crippen LogP contribution is 2.24. The largest absolute Gasteiger partial charge is 0.431 e. The Kier molecular flexibility index (Phi) is 4.77. The van der Waals surface area contributed by atoms with Crippen molar-refractivity contribution in [3.05, 3.63) is 77.4 Å². The van der Waals surface area contributed by atoms with Crippen molar-refractivity contribution in [1.29, 1.82) is 0 Å². The summed E-state index contributed by atoms with van der Waals surface area (Å²) in [6.45, 7) is 1.75.